The number of nitrogens with zero attached hydrogens (tertiary/aromatic N) is 3. The van der Waals surface area contributed by atoms with E-state index in [2.05, 4.69) is 15.7 Å². The first-order valence-corrected chi connectivity index (χ1v) is 15.2. The van der Waals surface area contributed by atoms with Gasteiger partial charge in [0.05, 0.1) is 22.7 Å². The minimum Gasteiger partial charge on any atom is -0.352 e. The third-order valence-corrected chi connectivity index (χ3v) is 8.39. The highest BCUT2D eigenvalue weighted by Gasteiger charge is 2.30. The van der Waals surface area contributed by atoms with Crippen LogP contribution < -0.4 is 10.6 Å². The lowest BCUT2D eigenvalue weighted by Crippen LogP contribution is -2.30. The van der Waals surface area contributed by atoms with Crippen LogP contribution in [0.15, 0.2) is 82.6 Å². The number of carbonyl (C=O) groups excluding carboxylic acids is 2. The lowest BCUT2D eigenvalue weighted by atomic mass is 9.98. The van der Waals surface area contributed by atoms with Gasteiger partial charge in [-0.3, -0.25) is 18.8 Å². The number of aromatic nitrogens is 2. The summed E-state index contributed by atoms with van der Waals surface area (Å²) in [6.07, 6.45) is 8.63. The highest BCUT2D eigenvalue weighted by Crippen LogP contribution is 2.37. The Hall–Kier alpha value is -4.26. The molecule has 3 aliphatic rings. The second-order valence-corrected chi connectivity index (χ2v) is 12.2. The molecule has 0 spiro atoms. The van der Waals surface area contributed by atoms with Crippen molar-refractivity contribution >= 4 is 44.9 Å². The molecule has 0 saturated heterocycles. The average Bonchev–Trinajstić information content (AvgIpc) is 3.78. The lowest BCUT2D eigenvalue weighted by molar-refractivity contribution is -0.122. The predicted octanol–water partition coefficient (Wildman–Crippen LogP) is 4.76. The molecule has 0 radical (unpaired) electrons. The first-order chi connectivity index (χ1) is 20.4. The van der Waals surface area contributed by atoms with Crippen molar-refractivity contribution in [2.75, 3.05) is 11.9 Å². The molecule has 43 heavy (non-hydrogen) atoms. The molecule has 2 aromatic carbocycles. The van der Waals surface area contributed by atoms with Crippen molar-refractivity contribution in [3.8, 4) is 0 Å². The Morgan fingerprint density at radius 3 is 2.56 bits per heavy atom. The van der Waals surface area contributed by atoms with Gasteiger partial charge >= 0.3 is 0 Å². The molecule has 3 aromatic rings. The third-order valence-electron chi connectivity index (χ3n) is 7.21. The molecule has 1 saturated carbocycles. The molecule has 3 N–H and O–H groups in total. The second kappa shape index (κ2) is 12.2. The number of allylic oxidation sites excluding steroid dienone is 3. The van der Waals surface area contributed by atoms with Crippen LogP contribution in [-0.2, 0) is 28.5 Å². The van der Waals surface area contributed by atoms with Gasteiger partial charge in [0.25, 0.3) is 16.0 Å². The van der Waals surface area contributed by atoms with E-state index in [-0.39, 0.29) is 41.3 Å². The maximum Gasteiger partial charge on any atom is 0.294 e. The number of anilines is 1. The van der Waals surface area contributed by atoms with Gasteiger partial charge in [0, 0.05) is 54.2 Å². The normalized spacial score (nSPS) is 15.7. The van der Waals surface area contributed by atoms with Gasteiger partial charge in [0.1, 0.15) is 11.6 Å². The third kappa shape index (κ3) is 6.87. The molecule has 3 heterocycles. The molecule has 2 aliphatic heterocycles. The fraction of sp³-hybridized carbons (Fsp3) is 0.233. The minimum absolute atomic E-state index is 0.0487. The summed E-state index contributed by atoms with van der Waals surface area (Å²) < 4.78 is 45.9. The topological polar surface area (TPSA) is 134 Å². The molecule has 10 nitrogen and oxygen atoms in total. The molecular formula is C30H29ClFN5O5S. The summed E-state index contributed by atoms with van der Waals surface area (Å²) in [5.41, 5.74) is 4.05. The molecule has 1 fully saturated rings. The van der Waals surface area contributed by atoms with Crippen molar-refractivity contribution in [2.24, 2.45) is 13.0 Å². The van der Waals surface area contributed by atoms with Crippen molar-refractivity contribution in [3.63, 3.8) is 0 Å². The van der Waals surface area contributed by atoms with Gasteiger partial charge < -0.3 is 15.5 Å². The number of carbonyl (C=O) groups is 2. The summed E-state index contributed by atoms with van der Waals surface area (Å²) in [5.74, 6) is -0.0612. The molecular weight excluding hydrogens is 597 g/mol. The first-order valence-electron chi connectivity index (χ1n) is 13.4. The van der Waals surface area contributed by atoms with Gasteiger partial charge in [-0.2, -0.15) is 13.5 Å². The number of hydrogen-bond donors (Lipinski definition) is 3. The van der Waals surface area contributed by atoms with Gasteiger partial charge in [-0.15, -0.1) is 0 Å². The quantitative estimate of drug-likeness (QED) is 0.348. The SMILES string of the molecule is Cc1ccc(S(=O)(=O)O)cc1.Cn1ncc2c1NC=C(Cl)C1=C2CN(C(=O)c2ccc(CNC(=O)C3CC3)c(F)c2)C=C1. The van der Waals surface area contributed by atoms with Crippen LogP contribution in [0.1, 0.15) is 39.9 Å². The summed E-state index contributed by atoms with van der Waals surface area (Å²) >= 11 is 6.43. The number of fused-ring (bicyclic) bond motifs is 2. The van der Waals surface area contributed by atoms with Gasteiger partial charge in [0.2, 0.25) is 5.91 Å². The van der Waals surface area contributed by atoms with Crippen LogP contribution in [0.5, 0.6) is 0 Å². The van der Waals surface area contributed by atoms with Crippen LogP contribution >= 0.6 is 11.6 Å². The average molecular weight is 626 g/mol. The van der Waals surface area contributed by atoms with E-state index in [4.69, 9.17) is 16.2 Å². The molecule has 0 bridgehead atoms. The van der Waals surface area contributed by atoms with Gasteiger partial charge in [-0.25, -0.2) is 4.39 Å². The van der Waals surface area contributed by atoms with Crippen LogP contribution in [-0.4, -0.2) is 46.0 Å². The van der Waals surface area contributed by atoms with Crippen molar-refractivity contribution in [1.82, 2.24) is 20.0 Å². The van der Waals surface area contributed by atoms with E-state index in [1.807, 2.05) is 14.0 Å². The summed E-state index contributed by atoms with van der Waals surface area (Å²) in [7, 11) is -2.20. The minimum atomic E-state index is -4.02. The summed E-state index contributed by atoms with van der Waals surface area (Å²) in [4.78, 5) is 26.4. The van der Waals surface area contributed by atoms with Crippen LogP contribution in [0, 0.1) is 18.7 Å². The summed E-state index contributed by atoms with van der Waals surface area (Å²) in [6.45, 7) is 2.22. The smallest absolute Gasteiger partial charge is 0.294 e. The van der Waals surface area contributed by atoms with Crippen LogP contribution in [0.25, 0.3) is 5.57 Å². The molecule has 1 aromatic heterocycles. The van der Waals surface area contributed by atoms with Crippen molar-refractivity contribution in [2.45, 2.75) is 31.2 Å². The fourth-order valence-electron chi connectivity index (χ4n) is 4.58. The van der Waals surface area contributed by atoms with Gasteiger partial charge in [0.15, 0.2) is 0 Å². The molecule has 13 heteroatoms. The van der Waals surface area contributed by atoms with Crippen LogP contribution in [0.4, 0.5) is 10.2 Å². The number of benzene rings is 2. The predicted molar refractivity (Wildman–Crippen MR) is 160 cm³/mol. The van der Waals surface area contributed by atoms with E-state index in [0.717, 1.165) is 40.9 Å². The molecule has 224 valence electrons. The number of nitrogens with one attached hydrogen (secondary N) is 2. The second-order valence-electron chi connectivity index (χ2n) is 10.4. The maximum atomic E-state index is 14.6. The van der Waals surface area contributed by atoms with Crippen molar-refractivity contribution < 1.29 is 27.0 Å². The Kier molecular flexibility index (Phi) is 8.54. The summed E-state index contributed by atoms with van der Waals surface area (Å²) in [6, 6.07) is 10.3. The molecule has 6 rings (SSSR count). The number of amides is 2. The number of aryl methyl sites for hydroxylation is 2. The Balaban J connectivity index is 0.000000283. The zero-order chi connectivity index (χ0) is 30.9. The fourth-order valence-corrected chi connectivity index (χ4v) is 5.29. The Bertz CT molecular complexity index is 1790. The van der Waals surface area contributed by atoms with Crippen molar-refractivity contribution in [1.29, 1.82) is 0 Å². The Morgan fingerprint density at radius 2 is 1.91 bits per heavy atom. The zero-order valence-electron chi connectivity index (χ0n) is 23.3. The van der Waals surface area contributed by atoms with E-state index in [0.29, 0.717) is 10.6 Å². The molecule has 1 aliphatic carbocycles. The number of rotatable bonds is 5. The van der Waals surface area contributed by atoms with E-state index >= 15 is 0 Å². The number of halogens is 2. The first kappa shape index (κ1) is 30.2. The maximum absolute atomic E-state index is 14.6. The molecule has 2 amide bonds. The van der Waals surface area contributed by atoms with Gasteiger partial charge in [-0.1, -0.05) is 35.4 Å². The Labute approximate surface area is 253 Å². The monoisotopic (exact) mass is 625 g/mol. The molecule has 0 unspecified atom stereocenters. The Morgan fingerprint density at radius 1 is 1.19 bits per heavy atom. The van der Waals surface area contributed by atoms with Crippen molar-refractivity contribution in [3.05, 3.63) is 106 Å². The van der Waals surface area contributed by atoms with E-state index in [9.17, 15) is 22.4 Å². The number of hydrogen-bond acceptors (Lipinski definition) is 6. The van der Waals surface area contributed by atoms with Crippen LogP contribution in [0.2, 0.25) is 0 Å². The zero-order valence-corrected chi connectivity index (χ0v) is 24.9. The van der Waals surface area contributed by atoms with E-state index < -0.39 is 15.9 Å². The standard InChI is InChI=1S/C23H21ClFN5O2.C7H8O3S/c1-29-21-17(10-28-29)18-12-30(7-6-16(18)19(24)11-26-21)23(32)14-4-5-15(20(25)8-14)9-27-22(31)13-2-3-13;1-6-2-4-7(5-3-6)11(8,9)10/h4-8,10-11,13,26H,2-3,9,12H2,1H3,(H,27,31);2-5H,1H3,(H,8,9,10). The van der Waals surface area contributed by atoms with E-state index in [1.165, 1.54) is 23.1 Å². The highest BCUT2D eigenvalue weighted by atomic mass is 35.5. The lowest BCUT2D eigenvalue weighted by Gasteiger charge is -2.25. The highest BCUT2D eigenvalue weighted by molar-refractivity contribution is 7.85. The van der Waals surface area contributed by atoms with Gasteiger partial charge in [-0.05, 0) is 55.7 Å². The molecule has 0 atom stereocenters. The van der Waals surface area contributed by atoms with Crippen LogP contribution in [0.3, 0.4) is 0 Å². The van der Waals surface area contributed by atoms with E-state index in [1.54, 1.807) is 53.6 Å². The summed E-state index contributed by atoms with van der Waals surface area (Å²) in [5, 5.41) is 10.7. The largest absolute Gasteiger partial charge is 0.352 e.